The minimum atomic E-state index is -3.96. The molecule has 0 radical (unpaired) electrons. The molecule has 8 nitrogen and oxygen atoms in total. The Balaban J connectivity index is 2.44. The Kier molecular flexibility index (Phi) is 4.21. The highest BCUT2D eigenvalue weighted by Crippen LogP contribution is 2.31. The number of nitro groups is 1. The van der Waals surface area contributed by atoms with Crippen LogP contribution in [0, 0.1) is 10.1 Å². The molecule has 0 aliphatic carbocycles. The minimum absolute atomic E-state index is 0.265. The van der Waals surface area contributed by atoms with Gasteiger partial charge in [-0.15, -0.1) is 0 Å². The Morgan fingerprint density at radius 2 is 2.05 bits per heavy atom. The molecule has 1 aromatic rings. The number of benzene rings is 1. The normalized spacial score (nSPS) is 16.8. The van der Waals surface area contributed by atoms with Gasteiger partial charge >= 0.3 is 0 Å². The number of hydrogen-bond acceptors (Lipinski definition) is 6. The molecule has 0 aromatic heterocycles. The predicted octanol–water partition coefficient (Wildman–Crippen LogP) is 0.469. The molecule has 0 saturated carbocycles. The zero-order chi connectivity index (χ0) is 14.8. The molecule has 0 amide bonds. The van der Waals surface area contributed by atoms with Gasteiger partial charge in [0.1, 0.15) is 5.69 Å². The molecule has 1 saturated heterocycles. The van der Waals surface area contributed by atoms with Gasteiger partial charge in [0.05, 0.1) is 16.4 Å². The first-order valence-electron chi connectivity index (χ1n) is 6.03. The molecular formula is C11H15N3O5S. The van der Waals surface area contributed by atoms with Crippen LogP contribution in [-0.4, -0.2) is 39.6 Å². The zero-order valence-electron chi connectivity index (χ0n) is 10.7. The first-order valence-corrected chi connectivity index (χ1v) is 7.58. The van der Waals surface area contributed by atoms with E-state index in [1.54, 1.807) is 0 Å². The van der Waals surface area contributed by atoms with Crippen LogP contribution in [0.2, 0.25) is 0 Å². The largest absolute Gasteiger partial charge is 0.380 e. The number of anilines is 1. The molecule has 0 atom stereocenters. The first-order chi connectivity index (χ1) is 9.39. The summed E-state index contributed by atoms with van der Waals surface area (Å²) in [6.45, 7) is 2.23. The monoisotopic (exact) mass is 301 g/mol. The fourth-order valence-electron chi connectivity index (χ4n) is 2.08. The Labute approximate surface area is 116 Å². The van der Waals surface area contributed by atoms with Crippen LogP contribution in [0.3, 0.4) is 0 Å². The molecule has 20 heavy (non-hydrogen) atoms. The van der Waals surface area contributed by atoms with Crippen LogP contribution in [0.25, 0.3) is 0 Å². The summed E-state index contributed by atoms with van der Waals surface area (Å²) >= 11 is 0. The highest BCUT2D eigenvalue weighted by Gasteiger charge is 2.23. The van der Waals surface area contributed by atoms with E-state index in [-0.39, 0.29) is 10.6 Å². The Hall–Kier alpha value is -1.71. The van der Waals surface area contributed by atoms with Gasteiger partial charge < -0.3 is 9.64 Å². The molecule has 0 spiro atoms. The number of nitrogens with zero attached hydrogens (tertiary/aromatic N) is 2. The molecule has 9 heteroatoms. The maximum atomic E-state index is 11.3. The maximum Gasteiger partial charge on any atom is 0.293 e. The quantitative estimate of drug-likeness (QED) is 0.641. The molecule has 1 aliphatic rings. The number of primary sulfonamides is 1. The standard InChI is InChI=1S/C11H15N3O5S/c12-20(17,18)9-2-3-10(11(8-9)14(15)16)13-4-1-6-19-7-5-13/h2-3,8H,1,4-7H2,(H2,12,17,18). The fourth-order valence-corrected chi connectivity index (χ4v) is 2.61. The van der Waals surface area contributed by atoms with Crippen molar-refractivity contribution >= 4 is 21.4 Å². The van der Waals surface area contributed by atoms with Crippen LogP contribution in [0.1, 0.15) is 6.42 Å². The van der Waals surface area contributed by atoms with Crippen molar-refractivity contribution in [3.8, 4) is 0 Å². The number of rotatable bonds is 3. The Morgan fingerprint density at radius 1 is 1.30 bits per heavy atom. The third kappa shape index (κ3) is 3.24. The molecule has 2 N–H and O–H groups in total. The number of nitro benzene ring substituents is 1. The van der Waals surface area contributed by atoms with Gasteiger partial charge in [-0.25, -0.2) is 13.6 Å². The van der Waals surface area contributed by atoms with Crippen molar-refractivity contribution in [3.63, 3.8) is 0 Å². The summed E-state index contributed by atoms with van der Waals surface area (Å²) in [4.78, 5) is 12.1. The third-order valence-corrected chi connectivity index (χ3v) is 3.95. The number of nitrogens with two attached hydrogens (primary N) is 1. The van der Waals surface area contributed by atoms with Crippen molar-refractivity contribution < 1.29 is 18.1 Å². The highest BCUT2D eigenvalue weighted by molar-refractivity contribution is 7.89. The van der Waals surface area contributed by atoms with E-state index in [0.717, 1.165) is 12.5 Å². The second-order valence-corrected chi connectivity index (χ2v) is 5.97. The summed E-state index contributed by atoms with van der Waals surface area (Å²) < 4.78 is 27.8. The van der Waals surface area contributed by atoms with Crippen molar-refractivity contribution in [3.05, 3.63) is 28.3 Å². The maximum absolute atomic E-state index is 11.3. The zero-order valence-corrected chi connectivity index (χ0v) is 11.5. The molecule has 2 rings (SSSR count). The lowest BCUT2D eigenvalue weighted by atomic mass is 10.2. The van der Waals surface area contributed by atoms with Crippen molar-refractivity contribution in [1.82, 2.24) is 0 Å². The number of ether oxygens (including phenoxy) is 1. The molecule has 0 bridgehead atoms. The summed E-state index contributed by atoms with van der Waals surface area (Å²) in [5, 5.41) is 16.1. The molecule has 0 unspecified atom stereocenters. The molecule has 1 aliphatic heterocycles. The second kappa shape index (κ2) is 5.73. The molecular weight excluding hydrogens is 286 g/mol. The van der Waals surface area contributed by atoms with E-state index in [4.69, 9.17) is 9.88 Å². The average molecular weight is 301 g/mol. The van der Waals surface area contributed by atoms with Crippen LogP contribution in [0.5, 0.6) is 0 Å². The topological polar surface area (TPSA) is 116 Å². The number of sulfonamides is 1. The van der Waals surface area contributed by atoms with Crippen molar-refractivity contribution in [2.75, 3.05) is 31.2 Å². The van der Waals surface area contributed by atoms with Crippen molar-refractivity contribution in [2.24, 2.45) is 5.14 Å². The van der Waals surface area contributed by atoms with Gasteiger partial charge in [-0.05, 0) is 18.6 Å². The lowest BCUT2D eigenvalue weighted by molar-refractivity contribution is -0.384. The van der Waals surface area contributed by atoms with Crippen molar-refractivity contribution in [1.29, 1.82) is 0 Å². The van der Waals surface area contributed by atoms with Crippen molar-refractivity contribution in [2.45, 2.75) is 11.3 Å². The lowest BCUT2D eigenvalue weighted by Gasteiger charge is -2.21. The molecule has 110 valence electrons. The van der Waals surface area contributed by atoms with Gasteiger partial charge in [-0.2, -0.15) is 0 Å². The average Bonchev–Trinajstić information content (AvgIpc) is 2.65. The summed E-state index contributed by atoms with van der Waals surface area (Å²) in [5.74, 6) is 0. The van der Waals surface area contributed by atoms with E-state index in [2.05, 4.69) is 0 Å². The van der Waals surface area contributed by atoms with E-state index >= 15 is 0 Å². The van der Waals surface area contributed by atoms with Gasteiger partial charge in [0, 0.05) is 25.8 Å². The Bertz CT molecular complexity index is 608. The van der Waals surface area contributed by atoms with E-state index in [0.29, 0.717) is 32.0 Å². The van der Waals surface area contributed by atoms with Gasteiger partial charge in [-0.3, -0.25) is 10.1 Å². The molecule has 1 fully saturated rings. The first kappa shape index (κ1) is 14.7. The van der Waals surface area contributed by atoms with E-state index in [1.807, 2.05) is 4.90 Å². The molecule has 1 heterocycles. The smallest absolute Gasteiger partial charge is 0.293 e. The van der Waals surface area contributed by atoms with Crippen LogP contribution in [-0.2, 0) is 14.8 Å². The van der Waals surface area contributed by atoms with Gasteiger partial charge in [0.25, 0.3) is 5.69 Å². The van der Waals surface area contributed by atoms with Crippen LogP contribution in [0.4, 0.5) is 11.4 Å². The Morgan fingerprint density at radius 3 is 2.70 bits per heavy atom. The number of hydrogen-bond donors (Lipinski definition) is 1. The van der Waals surface area contributed by atoms with Crippen LogP contribution >= 0.6 is 0 Å². The summed E-state index contributed by atoms with van der Waals surface area (Å²) in [7, 11) is -3.96. The molecule has 1 aromatic carbocycles. The van der Waals surface area contributed by atoms with Gasteiger partial charge in [-0.1, -0.05) is 0 Å². The lowest BCUT2D eigenvalue weighted by Crippen LogP contribution is -2.26. The van der Waals surface area contributed by atoms with Gasteiger partial charge in [0.15, 0.2) is 0 Å². The minimum Gasteiger partial charge on any atom is -0.380 e. The van der Waals surface area contributed by atoms with Gasteiger partial charge in [0.2, 0.25) is 10.0 Å². The third-order valence-electron chi connectivity index (χ3n) is 3.04. The van der Waals surface area contributed by atoms with Crippen LogP contribution < -0.4 is 10.0 Å². The second-order valence-electron chi connectivity index (χ2n) is 4.41. The summed E-state index contributed by atoms with van der Waals surface area (Å²) in [5.41, 5.74) is 0.117. The summed E-state index contributed by atoms with van der Waals surface area (Å²) in [6.07, 6.45) is 0.758. The van der Waals surface area contributed by atoms with E-state index < -0.39 is 14.9 Å². The SMILES string of the molecule is NS(=O)(=O)c1ccc(N2CCCOCC2)c([N+](=O)[O-])c1. The fraction of sp³-hybridized carbons (Fsp3) is 0.455. The van der Waals surface area contributed by atoms with E-state index in [9.17, 15) is 18.5 Å². The highest BCUT2D eigenvalue weighted by atomic mass is 32.2. The van der Waals surface area contributed by atoms with Crippen LogP contribution in [0.15, 0.2) is 23.1 Å². The van der Waals surface area contributed by atoms with E-state index in [1.165, 1.54) is 12.1 Å². The predicted molar refractivity (Wildman–Crippen MR) is 72.1 cm³/mol. The summed E-state index contributed by atoms with van der Waals surface area (Å²) in [6, 6.07) is 3.70.